The van der Waals surface area contributed by atoms with Crippen LogP contribution in [0.15, 0.2) is 0 Å². The van der Waals surface area contributed by atoms with Gasteiger partial charge in [0.2, 0.25) is 11.8 Å². The van der Waals surface area contributed by atoms with Crippen molar-refractivity contribution in [2.45, 2.75) is 45.2 Å². The quantitative estimate of drug-likeness (QED) is 0.757. The van der Waals surface area contributed by atoms with E-state index in [1.54, 1.807) is 0 Å². The third kappa shape index (κ3) is 4.41. The molecule has 2 heterocycles. The molecule has 0 aromatic heterocycles. The Morgan fingerprint density at radius 1 is 1.33 bits per heavy atom. The van der Waals surface area contributed by atoms with E-state index in [9.17, 15) is 9.59 Å². The highest BCUT2D eigenvalue weighted by Crippen LogP contribution is 2.20. The third-order valence-corrected chi connectivity index (χ3v) is 4.19. The van der Waals surface area contributed by atoms with E-state index in [4.69, 9.17) is 4.74 Å². The minimum absolute atomic E-state index is 0.0269. The van der Waals surface area contributed by atoms with E-state index in [0.717, 1.165) is 32.4 Å². The number of rotatable bonds is 5. The van der Waals surface area contributed by atoms with Crippen LogP contribution in [0.2, 0.25) is 0 Å². The number of amides is 2. The zero-order valence-electron chi connectivity index (χ0n) is 13.1. The van der Waals surface area contributed by atoms with Crippen LogP contribution in [0.5, 0.6) is 0 Å². The van der Waals surface area contributed by atoms with Crippen LogP contribution < -0.4 is 10.6 Å². The molecule has 3 atom stereocenters. The Balaban J connectivity index is 1.90. The van der Waals surface area contributed by atoms with E-state index in [-0.39, 0.29) is 29.8 Å². The van der Waals surface area contributed by atoms with Gasteiger partial charge in [0.15, 0.2) is 0 Å². The topological polar surface area (TPSA) is 70.7 Å². The lowest BCUT2D eigenvalue weighted by Crippen LogP contribution is -2.53. The second-order valence-electron chi connectivity index (χ2n) is 6.03. The summed E-state index contributed by atoms with van der Waals surface area (Å²) >= 11 is 0. The highest BCUT2D eigenvalue weighted by atomic mass is 16.5. The summed E-state index contributed by atoms with van der Waals surface area (Å²) in [7, 11) is 0. The number of carbonyl (C=O) groups is 2. The molecule has 2 amide bonds. The minimum Gasteiger partial charge on any atom is -0.379 e. The lowest BCUT2D eigenvalue weighted by atomic mass is 9.98. The summed E-state index contributed by atoms with van der Waals surface area (Å²) in [5, 5.41) is 6.33. The molecule has 6 nitrogen and oxygen atoms in total. The van der Waals surface area contributed by atoms with Crippen LogP contribution in [0.4, 0.5) is 0 Å². The molecule has 2 N–H and O–H groups in total. The van der Waals surface area contributed by atoms with Crippen LogP contribution in [0.3, 0.4) is 0 Å². The average Bonchev–Trinajstić information content (AvgIpc) is 2.92. The van der Waals surface area contributed by atoms with Gasteiger partial charge in [0, 0.05) is 32.1 Å². The van der Waals surface area contributed by atoms with Gasteiger partial charge in [-0.3, -0.25) is 9.59 Å². The monoisotopic (exact) mass is 297 g/mol. The smallest absolute Gasteiger partial charge is 0.229 e. The van der Waals surface area contributed by atoms with Crippen LogP contribution in [0.25, 0.3) is 0 Å². The molecule has 0 spiro atoms. The standard InChI is InChI=1S/C15H27N3O3/c1-3-6-16-14-10-21-9-13(14)15(20)18-7-4-5-12(8-18)17-11(2)19/h12-14,16H,3-10H2,1-2H3,(H,17,19). The van der Waals surface area contributed by atoms with Crippen molar-refractivity contribution in [3.63, 3.8) is 0 Å². The van der Waals surface area contributed by atoms with Crippen molar-refractivity contribution in [2.75, 3.05) is 32.8 Å². The van der Waals surface area contributed by atoms with Crippen molar-refractivity contribution in [3.05, 3.63) is 0 Å². The maximum Gasteiger partial charge on any atom is 0.229 e. The first-order valence-corrected chi connectivity index (χ1v) is 7.98. The Bertz CT molecular complexity index is 375. The largest absolute Gasteiger partial charge is 0.379 e. The summed E-state index contributed by atoms with van der Waals surface area (Å²) in [6.45, 7) is 7.06. The number of nitrogens with one attached hydrogen (secondary N) is 2. The number of nitrogens with zero attached hydrogens (tertiary/aromatic N) is 1. The highest BCUT2D eigenvalue weighted by molar-refractivity contribution is 5.80. The zero-order valence-corrected chi connectivity index (χ0v) is 13.1. The first-order chi connectivity index (χ1) is 10.1. The van der Waals surface area contributed by atoms with Gasteiger partial charge < -0.3 is 20.3 Å². The first kappa shape index (κ1) is 16.2. The second kappa shape index (κ2) is 7.75. The summed E-state index contributed by atoms with van der Waals surface area (Å²) in [4.78, 5) is 25.8. The molecule has 0 bridgehead atoms. The molecule has 0 aromatic rings. The molecule has 0 saturated carbocycles. The summed E-state index contributed by atoms with van der Waals surface area (Å²) in [6.07, 6.45) is 2.94. The van der Waals surface area contributed by atoms with Gasteiger partial charge in [-0.05, 0) is 25.8 Å². The second-order valence-corrected chi connectivity index (χ2v) is 6.03. The van der Waals surface area contributed by atoms with E-state index in [0.29, 0.717) is 19.8 Å². The Hall–Kier alpha value is -1.14. The van der Waals surface area contributed by atoms with Gasteiger partial charge in [-0.1, -0.05) is 6.92 Å². The van der Waals surface area contributed by atoms with Crippen LogP contribution in [-0.2, 0) is 14.3 Å². The van der Waals surface area contributed by atoms with Crippen LogP contribution in [0.1, 0.15) is 33.1 Å². The summed E-state index contributed by atoms with van der Waals surface area (Å²) < 4.78 is 5.49. The van der Waals surface area contributed by atoms with Crippen molar-refractivity contribution < 1.29 is 14.3 Å². The molecule has 2 aliphatic heterocycles. The summed E-state index contributed by atoms with van der Waals surface area (Å²) in [5.74, 6) is 0.0461. The fraction of sp³-hybridized carbons (Fsp3) is 0.867. The third-order valence-electron chi connectivity index (χ3n) is 4.19. The SMILES string of the molecule is CCCNC1COCC1C(=O)N1CCCC(NC(C)=O)C1. The number of likely N-dealkylation sites (tertiary alicyclic amines) is 1. The van der Waals surface area contributed by atoms with Gasteiger partial charge in [0.05, 0.1) is 19.1 Å². The maximum absolute atomic E-state index is 12.7. The number of hydrogen-bond acceptors (Lipinski definition) is 4. The fourth-order valence-electron chi connectivity index (χ4n) is 3.15. The molecule has 0 aromatic carbocycles. The van der Waals surface area contributed by atoms with Crippen molar-refractivity contribution in [2.24, 2.45) is 5.92 Å². The molecule has 0 aliphatic carbocycles. The van der Waals surface area contributed by atoms with Crippen LogP contribution in [-0.4, -0.2) is 61.6 Å². The van der Waals surface area contributed by atoms with Crippen molar-refractivity contribution in [1.29, 1.82) is 0 Å². The Kier molecular flexibility index (Phi) is 5.99. The predicted molar refractivity (Wildman–Crippen MR) is 79.8 cm³/mol. The lowest BCUT2D eigenvalue weighted by Gasteiger charge is -2.35. The number of ether oxygens (including phenoxy) is 1. The first-order valence-electron chi connectivity index (χ1n) is 7.98. The molecule has 21 heavy (non-hydrogen) atoms. The van der Waals surface area contributed by atoms with E-state index >= 15 is 0 Å². The Morgan fingerprint density at radius 3 is 2.86 bits per heavy atom. The number of carbonyl (C=O) groups excluding carboxylic acids is 2. The van der Waals surface area contributed by atoms with E-state index in [1.165, 1.54) is 6.92 Å². The van der Waals surface area contributed by atoms with E-state index in [2.05, 4.69) is 17.6 Å². The van der Waals surface area contributed by atoms with Gasteiger partial charge in [-0.25, -0.2) is 0 Å². The van der Waals surface area contributed by atoms with Crippen LogP contribution >= 0.6 is 0 Å². The molecular formula is C15H27N3O3. The van der Waals surface area contributed by atoms with Crippen molar-refractivity contribution in [3.8, 4) is 0 Å². The normalized spacial score (nSPS) is 29.4. The molecular weight excluding hydrogens is 270 g/mol. The minimum atomic E-state index is -0.0902. The number of hydrogen-bond donors (Lipinski definition) is 2. The highest BCUT2D eigenvalue weighted by Gasteiger charge is 2.37. The van der Waals surface area contributed by atoms with E-state index < -0.39 is 0 Å². The zero-order chi connectivity index (χ0) is 15.2. The molecule has 2 saturated heterocycles. The van der Waals surface area contributed by atoms with Gasteiger partial charge in [0.25, 0.3) is 0 Å². The molecule has 2 fully saturated rings. The average molecular weight is 297 g/mol. The molecule has 6 heteroatoms. The molecule has 0 radical (unpaired) electrons. The van der Waals surface area contributed by atoms with Crippen molar-refractivity contribution >= 4 is 11.8 Å². The Labute approximate surface area is 126 Å². The molecule has 2 aliphatic rings. The predicted octanol–water partition coefficient (Wildman–Crippen LogP) is 0.128. The lowest BCUT2D eigenvalue weighted by molar-refractivity contribution is -0.138. The maximum atomic E-state index is 12.7. The Morgan fingerprint density at radius 2 is 2.14 bits per heavy atom. The summed E-state index contributed by atoms with van der Waals surface area (Å²) in [5.41, 5.74) is 0. The van der Waals surface area contributed by atoms with Crippen molar-refractivity contribution in [1.82, 2.24) is 15.5 Å². The molecule has 2 rings (SSSR count). The van der Waals surface area contributed by atoms with Gasteiger partial charge >= 0.3 is 0 Å². The molecule has 3 unspecified atom stereocenters. The van der Waals surface area contributed by atoms with E-state index in [1.807, 2.05) is 4.90 Å². The van der Waals surface area contributed by atoms with Gasteiger partial charge in [-0.15, -0.1) is 0 Å². The summed E-state index contributed by atoms with van der Waals surface area (Å²) in [6, 6.07) is 0.211. The fourth-order valence-corrected chi connectivity index (χ4v) is 3.15. The van der Waals surface area contributed by atoms with Gasteiger partial charge in [0.1, 0.15) is 0 Å². The molecule has 120 valence electrons. The van der Waals surface area contributed by atoms with Gasteiger partial charge in [-0.2, -0.15) is 0 Å². The number of piperidine rings is 1. The van der Waals surface area contributed by atoms with Crippen LogP contribution in [0, 0.1) is 5.92 Å².